The maximum absolute atomic E-state index is 13.9. The topological polar surface area (TPSA) is 26.0 Å². The Kier molecular flexibility index (Phi) is 2.63. The zero-order valence-electron chi connectivity index (χ0n) is 8.98. The third-order valence-electron chi connectivity index (χ3n) is 2.88. The van der Waals surface area contributed by atoms with E-state index < -0.39 is 0 Å². The summed E-state index contributed by atoms with van der Waals surface area (Å²) >= 11 is 6.14. The van der Waals surface area contributed by atoms with Crippen LogP contribution in [-0.4, -0.2) is 0 Å². The minimum atomic E-state index is -0.281. The lowest BCUT2D eigenvalue weighted by molar-refractivity contribution is 0.598. The third kappa shape index (κ3) is 1.83. The van der Waals surface area contributed by atoms with Gasteiger partial charge in [-0.25, -0.2) is 4.39 Å². The molecule has 2 rings (SSSR count). The van der Waals surface area contributed by atoms with Crippen molar-refractivity contribution in [3.63, 3.8) is 0 Å². The molecule has 0 unspecified atom stereocenters. The van der Waals surface area contributed by atoms with Crippen LogP contribution in [0.15, 0.2) is 6.07 Å². The van der Waals surface area contributed by atoms with Gasteiger partial charge in [-0.05, 0) is 41.9 Å². The van der Waals surface area contributed by atoms with E-state index >= 15 is 0 Å². The minimum Gasteiger partial charge on any atom is -0.396 e. The number of rotatable bonds is 2. The molecular weight excluding hydrogens is 213 g/mol. The van der Waals surface area contributed by atoms with Crippen molar-refractivity contribution < 1.29 is 4.39 Å². The monoisotopic (exact) mass is 227 g/mol. The lowest BCUT2D eigenvalue weighted by Crippen LogP contribution is -2.04. The molecule has 0 atom stereocenters. The number of anilines is 1. The summed E-state index contributed by atoms with van der Waals surface area (Å²) in [5, 5.41) is 0.625. The van der Waals surface area contributed by atoms with E-state index in [1.54, 1.807) is 0 Å². The summed E-state index contributed by atoms with van der Waals surface area (Å²) in [6.07, 6.45) is 2.23. The molecule has 15 heavy (non-hydrogen) atoms. The predicted molar refractivity (Wildman–Crippen MR) is 61.9 cm³/mol. The zero-order chi connectivity index (χ0) is 11.2. The van der Waals surface area contributed by atoms with Crippen LogP contribution < -0.4 is 5.73 Å². The van der Waals surface area contributed by atoms with Crippen molar-refractivity contribution >= 4 is 17.3 Å². The molecule has 1 aromatic rings. The van der Waals surface area contributed by atoms with E-state index in [1.165, 1.54) is 6.07 Å². The van der Waals surface area contributed by atoms with Gasteiger partial charge < -0.3 is 5.73 Å². The fraction of sp³-hybridized carbons (Fsp3) is 0.500. The Morgan fingerprint density at radius 3 is 2.53 bits per heavy atom. The average Bonchev–Trinajstić information content (AvgIpc) is 2.93. The summed E-state index contributed by atoms with van der Waals surface area (Å²) in [7, 11) is 0. The quantitative estimate of drug-likeness (QED) is 0.758. The fourth-order valence-corrected chi connectivity index (χ4v) is 2.41. The number of hydrogen-bond acceptors (Lipinski definition) is 1. The van der Waals surface area contributed by atoms with E-state index in [0.29, 0.717) is 16.5 Å². The van der Waals surface area contributed by atoms with Gasteiger partial charge in [0.05, 0.1) is 5.69 Å². The molecule has 1 saturated carbocycles. The molecule has 0 saturated heterocycles. The van der Waals surface area contributed by atoms with Gasteiger partial charge >= 0.3 is 0 Å². The van der Waals surface area contributed by atoms with Crippen molar-refractivity contribution in [3.05, 3.63) is 28.0 Å². The van der Waals surface area contributed by atoms with Gasteiger partial charge in [0.2, 0.25) is 0 Å². The highest BCUT2D eigenvalue weighted by Gasteiger charge is 2.31. The van der Waals surface area contributed by atoms with Crippen LogP contribution in [0.25, 0.3) is 0 Å². The summed E-state index contributed by atoms with van der Waals surface area (Å²) < 4.78 is 13.9. The first-order chi connectivity index (χ1) is 7.02. The molecule has 0 aliphatic heterocycles. The number of benzene rings is 1. The molecule has 1 aliphatic rings. The smallest absolute Gasteiger partial charge is 0.149 e. The first-order valence-corrected chi connectivity index (χ1v) is 5.67. The molecule has 2 N–H and O–H groups in total. The number of nitrogen functional groups attached to an aromatic ring is 1. The summed E-state index contributed by atoms with van der Waals surface area (Å²) in [5.41, 5.74) is 7.44. The van der Waals surface area contributed by atoms with Crippen LogP contribution in [0.3, 0.4) is 0 Å². The molecule has 3 heteroatoms. The lowest BCUT2D eigenvalue weighted by atomic mass is 9.93. The van der Waals surface area contributed by atoms with E-state index in [-0.39, 0.29) is 17.4 Å². The van der Waals surface area contributed by atoms with E-state index in [2.05, 4.69) is 0 Å². The third-order valence-corrected chi connectivity index (χ3v) is 3.20. The van der Waals surface area contributed by atoms with Crippen LogP contribution in [0.5, 0.6) is 0 Å². The molecule has 0 bridgehead atoms. The molecule has 0 aromatic heterocycles. The van der Waals surface area contributed by atoms with Crippen molar-refractivity contribution in [2.45, 2.75) is 38.5 Å². The Hall–Kier alpha value is -0.760. The molecule has 1 nitrogen and oxygen atoms in total. The Bertz CT molecular complexity index is 397. The molecule has 82 valence electrons. The average molecular weight is 228 g/mol. The van der Waals surface area contributed by atoms with Crippen LogP contribution >= 0.6 is 11.6 Å². The van der Waals surface area contributed by atoms with Gasteiger partial charge in [0.15, 0.2) is 0 Å². The second kappa shape index (κ2) is 3.67. The number of hydrogen-bond donors (Lipinski definition) is 1. The van der Waals surface area contributed by atoms with Crippen molar-refractivity contribution in [1.29, 1.82) is 0 Å². The highest BCUT2D eigenvalue weighted by atomic mass is 35.5. The van der Waals surface area contributed by atoms with Gasteiger partial charge in [-0.1, -0.05) is 25.4 Å². The maximum Gasteiger partial charge on any atom is 0.149 e. The van der Waals surface area contributed by atoms with Crippen LogP contribution in [0.2, 0.25) is 5.02 Å². The largest absolute Gasteiger partial charge is 0.396 e. The summed E-state index contributed by atoms with van der Waals surface area (Å²) in [4.78, 5) is 0. The maximum atomic E-state index is 13.9. The second-order valence-electron chi connectivity index (χ2n) is 4.52. The highest BCUT2D eigenvalue weighted by Crippen LogP contribution is 2.48. The predicted octanol–water partition coefficient (Wildman–Crippen LogP) is 4.06. The summed E-state index contributed by atoms with van der Waals surface area (Å²) in [6.45, 7) is 3.94. The Morgan fingerprint density at radius 2 is 2.07 bits per heavy atom. The van der Waals surface area contributed by atoms with Crippen molar-refractivity contribution in [2.75, 3.05) is 5.73 Å². The molecule has 0 amide bonds. The highest BCUT2D eigenvalue weighted by molar-refractivity contribution is 6.31. The summed E-state index contributed by atoms with van der Waals surface area (Å²) in [6, 6.07) is 1.54. The number of halogens is 2. The molecular formula is C12H15ClFN. The molecule has 0 radical (unpaired) electrons. The van der Waals surface area contributed by atoms with E-state index in [1.807, 2.05) is 13.8 Å². The Labute approximate surface area is 94.4 Å². The standard InChI is InChI=1S/C12H15ClFN/c1-6(2)10-11(7-3-4-7)8(13)5-9(15)12(10)14/h5-7H,3-4,15H2,1-2H3. The SMILES string of the molecule is CC(C)c1c(F)c(N)cc(Cl)c1C1CC1. The van der Waals surface area contributed by atoms with E-state index in [0.717, 1.165) is 18.4 Å². The van der Waals surface area contributed by atoms with Gasteiger partial charge in [-0.15, -0.1) is 0 Å². The van der Waals surface area contributed by atoms with Crippen molar-refractivity contribution in [1.82, 2.24) is 0 Å². The van der Waals surface area contributed by atoms with Crippen LogP contribution in [0.4, 0.5) is 10.1 Å². The van der Waals surface area contributed by atoms with Crippen LogP contribution in [0, 0.1) is 5.82 Å². The first kappa shape index (κ1) is 10.7. The van der Waals surface area contributed by atoms with Crippen molar-refractivity contribution in [3.8, 4) is 0 Å². The molecule has 0 heterocycles. The van der Waals surface area contributed by atoms with Gasteiger partial charge in [0.25, 0.3) is 0 Å². The summed E-state index contributed by atoms with van der Waals surface area (Å²) in [5.74, 6) is 0.294. The molecule has 1 aliphatic carbocycles. The van der Waals surface area contributed by atoms with Crippen molar-refractivity contribution in [2.24, 2.45) is 0 Å². The van der Waals surface area contributed by atoms with E-state index in [9.17, 15) is 4.39 Å². The molecule has 1 aromatic carbocycles. The second-order valence-corrected chi connectivity index (χ2v) is 4.93. The Morgan fingerprint density at radius 1 is 1.47 bits per heavy atom. The van der Waals surface area contributed by atoms with Gasteiger partial charge in [-0.2, -0.15) is 0 Å². The minimum absolute atomic E-state index is 0.126. The molecule has 0 spiro atoms. The fourth-order valence-electron chi connectivity index (χ4n) is 2.03. The van der Waals surface area contributed by atoms with Gasteiger partial charge in [-0.3, -0.25) is 0 Å². The zero-order valence-corrected chi connectivity index (χ0v) is 9.74. The van der Waals surface area contributed by atoms with Gasteiger partial charge in [0.1, 0.15) is 5.82 Å². The van der Waals surface area contributed by atoms with Crippen LogP contribution in [-0.2, 0) is 0 Å². The normalized spacial score (nSPS) is 16.1. The van der Waals surface area contributed by atoms with E-state index in [4.69, 9.17) is 17.3 Å². The molecule has 1 fully saturated rings. The lowest BCUT2D eigenvalue weighted by Gasteiger charge is -2.16. The van der Waals surface area contributed by atoms with Crippen LogP contribution in [0.1, 0.15) is 49.7 Å². The Balaban J connectivity index is 2.64. The number of nitrogens with two attached hydrogens (primary N) is 1. The first-order valence-electron chi connectivity index (χ1n) is 5.29. The van der Waals surface area contributed by atoms with Gasteiger partial charge in [0, 0.05) is 5.02 Å².